The molecule has 0 aliphatic carbocycles. The van der Waals surface area contributed by atoms with Crippen LogP contribution in [0, 0.1) is 0 Å². The van der Waals surface area contributed by atoms with Gasteiger partial charge < -0.3 is 0 Å². The van der Waals surface area contributed by atoms with Crippen molar-refractivity contribution in [3.05, 3.63) is 28.2 Å². The molecule has 18 heavy (non-hydrogen) atoms. The highest BCUT2D eigenvalue weighted by molar-refractivity contribution is 7.89. The SMILES string of the molecule is CCC(CCCl)NS(=O)(=O)c1ccc(Cl)c(Cl)c1. The Morgan fingerprint density at radius 2 is 1.94 bits per heavy atom. The monoisotopic (exact) mass is 329 g/mol. The maximum Gasteiger partial charge on any atom is 0.240 e. The van der Waals surface area contributed by atoms with Crippen LogP contribution in [0.15, 0.2) is 23.1 Å². The molecule has 7 heteroatoms. The molecule has 0 spiro atoms. The first kappa shape index (κ1) is 16.1. The van der Waals surface area contributed by atoms with Crippen LogP contribution in [0.1, 0.15) is 19.8 Å². The van der Waals surface area contributed by atoms with Crippen LogP contribution in [-0.4, -0.2) is 20.3 Å². The molecule has 1 N–H and O–H groups in total. The minimum absolute atomic E-state index is 0.102. The Balaban J connectivity index is 2.95. The number of nitrogens with one attached hydrogen (secondary N) is 1. The topological polar surface area (TPSA) is 46.2 Å². The standard InChI is InChI=1S/C11H14Cl3NO2S/c1-2-8(5-6-12)15-18(16,17)9-3-4-10(13)11(14)7-9/h3-4,7-8,15H,2,5-6H2,1H3. The predicted molar refractivity (Wildman–Crippen MR) is 76.2 cm³/mol. The molecule has 0 aliphatic rings. The summed E-state index contributed by atoms with van der Waals surface area (Å²) >= 11 is 17.2. The van der Waals surface area contributed by atoms with Crippen LogP contribution < -0.4 is 4.72 Å². The molecule has 1 unspecified atom stereocenters. The van der Waals surface area contributed by atoms with Gasteiger partial charge in [-0.05, 0) is 31.0 Å². The Hall–Kier alpha value is -0.000000000000000111. The zero-order valence-electron chi connectivity index (χ0n) is 9.79. The number of alkyl halides is 1. The van der Waals surface area contributed by atoms with Gasteiger partial charge in [-0.15, -0.1) is 11.6 Å². The fraction of sp³-hybridized carbons (Fsp3) is 0.455. The van der Waals surface area contributed by atoms with E-state index in [1.54, 1.807) is 0 Å². The van der Waals surface area contributed by atoms with E-state index in [1.807, 2.05) is 6.92 Å². The Morgan fingerprint density at radius 3 is 2.44 bits per heavy atom. The first-order chi connectivity index (χ1) is 8.40. The summed E-state index contributed by atoms with van der Waals surface area (Å²) < 4.78 is 26.8. The third-order valence-corrected chi connectivity index (χ3v) is 4.95. The van der Waals surface area contributed by atoms with Crippen LogP contribution in [0.3, 0.4) is 0 Å². The van der Waals surface area contributed by atoms with Crippen LogP contribution in [-0.2, 0) is 10.0 Å². The molecule has 0 bridgehead atoms. The van der Waals surface area contributed by atoms with E-state index >= 15 is 0 Å². The van der Waals surface area contributed by atoms with E-state index in [4.69, 9.17) is 34.8 Å². The van der Waals surface area contributed by atoms with Crippen LogP contribution in [0.2, 0.25) is 10.0 Å². The molecule has 0 fully saturated rings. The van der Waals surface area contributed by atoms with Crippen molar-refractivity contribution in [3.63, 3.8) is 0 Å². The summed E-state index contributed by atoms with van der Waals surface area (Å²) in [6.45, 7) is 1.90. The van der Waals surface area contributed by atoms with Crippen molar-refractivity contribution in [1.29, 1.82) is 0 Å². The fourth-order valence-electron chi connectivity index (χ4n) is 1.41. The van der Waals surface area contributed by atoms with E-state index in [2.05, 4.69) is 4.72 Å². The van der Waals surface area contributed by atoms with Crippen LogP contribution in [0.4, 0.5) is 0 Å². The number of benzene rings is 1. The average molecular weight is 331 g/mol. The lowest BCUT2D eigenvalue weighted by Gasteiger charge is -2.16. The number of sulfonamides is 1. The van der Waals surface area contributed by atoms with Crippen molar-refractivity contribution in [3.8, 4) is 0 Å². The molecule has 102 valence electrons. The zero-order chi connectivity index (χ0) is 13.8. The first-order valence-electron chi connectivity index (χ1n) is 5.44. The second-order valence-electron chi connectivity index (χ2n) is 3.78. The highest BCUT2D eigenvalue weighted by Gasteiger charge is 2.19. The predicted octanol–water partition coefficient (Wildman–Crippen LogP) is 3.68. The molecule has 0 amide bonds. The molecule has 0 aromatic heterocycles. The summed E-state index contributed by atoms with van der Waals surface area (Å²) in [6, 6.07) is 4.03. The Morgan fingerprint density at radius 1 is 1.28 bits per heavy atom. The highest BCUT2D eigenvalue weighted by Crippen LogP contribution is 2.25. The van der Waals surface area contributed by atoms with Gasteiger partial charge in [-0.25, -0.2) is 13.1 Å². The summed E-state index contributed by atoms with van der Waals surface area (Å²) in [5.41, 5.74) is 0. The van der Waals surface area contributed by atoms with Gasteiger partial charge in [-0.3, -0.25) is 0 Å². The smallest absolute Gasteiger partial charge is 0.208 e. The van der Waals surface area contributed by atoms with E-state index < -0.39 is 10.0 Å². The minimum atomic E-state index is -3.58. The summed E-state index contributed by atoms with van der Waals surface area (Å²) in [4.78, 5) is 0.102. The largest absolute Gasteiger partial charge is 0.240 e. The number of hydrogen-bond acceptors (Lipinski definition) is 2. The van der Waals surface area contributed by atoms with Crippen molar-refractivity contribution in [2.24, 2.45) is 0 Å². The fourth-order valence-corrected chi connectivity index (χ4v) is 3.42. The quantitative estimate of drug-likeness (QED) is 0.809. The lowest BCUT2D eigenvalue weighted by molar-refractivity contribution is 0.531. The van der Waals surface area contributed by atoms with E-state index in [0.29, 0.717) is 23.7 Å². The zero-order valence-corrected chi connectivity index (χ0v) is 12.9. The Bertz CT molecular complexity index is 505. The first-order valence-corrected chi connectivity index (χ1v) is 8.21. The molecule has 0 heterocycles. The molecule has 1 atom stereocenters. The highest BCUT2D eigenvalue weighted by atomic mass is 35.5. The summed E-state index contributed by atoms with van der Waals surface area (Å²) in [5, 5.41) is 0.536. The molecule has 1 aromatic carbocycles. The lowest BCUT2D eigenvalue weighted by Crippen LogP contribution is -2.34. The van der Waals surface area contributed by atoms with Crippen LogP contribution in [0.25, 0.3) is 0 Å². The van der Waals surface area contributed by atoms with E-state index in [9.17, 15) is 8.42 Å². The third-order valence-electron chi connectivity index (χ3n) is 2.47. The third kappa shape index (κ3) is 4.28. The van der Waals surface area contributed by atoms with Crippen molar-refractivity contribution >= 4 is 44.8 Å². The van der Waals surface area contributed by atoms with Gasteiger partial charge in [-0.1, -0.05) is 30.1 Å². The van der Waals surface area contributed by atoms with Crippen molar-refractivity contribution in [2.75, 3.05) is 5.88 Å². The normalized spacial score (nSPS) is 13.6. The molecular formula is C11H14Cl3NO2S. The summed E-state index contributed by atoms with van der Waals surface area (Å²) in [6.07, 6.45) is 1.26. The van der Waals surface area contributed by atoms with Gasteiger partial charge >= 0.3 is 0 Å². The van der Waals surface area contributed by atoms with Gasteiger partial charge in [0.25, 0.3) is 0 Å². The van der Waals surface area contributed by atoms with Crippen LogP contribution in [0.5, 0.6) is 0 Å². The van der Waals surface area contributed by atoms with Crippen molar-refractivity contribution in [1.82, 2.24) is 4.72 Å². The molecular weight excluding hydrogens is 317 g/mol. The lowest BCUT2D eigenvalue weighted by atomic mass is 10.2. The maximum absolute atomic E-state index is 12.1. The molecule has 1 rings (SSSR count). The Labute approximate surface area is 122 Å². The van der Waals surface area contributed by atoms with Gasteiger partial charge in [0.15, 0.2) is 0 Å². The molecule has 0 saturated carbocycles. The number of rotatable bonds is 6. The van der Waals surface area contributed by atoms with Crippen LogP contribution >= 0.6 is 34.8 Å². The summed E-state index contributed by atoms with van der Waals surface area (Å²) in [7, 11) is -3.58. The van der Waals surface area contributed by atoms with Gasteiger partial charge in [0.2, 0.25) is 10.0 Å². The Kier molecular flexibility index (Phi) is 6.21. The molecule has 1 aromatic rings. The molecule has 0 saturated heterocycles. The van der Waals surface area contributed by atoms with E-state index in [1.165, 1.54) is 18.2 Å². The average Bonchev–Trinajstić information content (AvgIpc) is 2.31. The second-order valence-corrected chi connectivity index (χ2v) is 6.69. The van der Waals surface area contributed by atoms with Gasteiger partial charge in [-0.2, -0.15) is 0 Å². The van der Waals surface area contributed by atoms with Gasteiger partial charge in [0.1, 0.15) is 0 Å². The van der Waals surface area contributed by atoms with Crippen molar-refractivity contribution < 1.29 is 8.42 Å². The van der Waals surface area contributed by atoms with Gasteiger partial charge in [0, 0.05) is 11.9 Å². The minimum Gasteiger partial charge on any atom is -0.208 e. The number of halogens is 3. The molecule has 3 nitrogen and oxygen atoms in total. The van der Waals surface area contributed by atoms with E-state index in [0.717, 1.165) is 0 Å². The summed E-state index contributed by atoms with van der Waals surface area (Å²) in [5.74, 6) is 0.405. The van der Waals surface area contributed by atoms with Crippen molar-refractivity contribution in [2.45, 2.75) is 30.7 Å². The second kappa shape index (κ2) is 6.96. The van der Waals surface area contributed by atoms with Gasteiger partial charge in [0.05, 0.1) is 14.9 Å². The maximum atomic E-state index is 12.1. The van der Waals surface area contributed by atoms with E-state index in [-0.39, 0.29) is 16.0 Å². The number of hydrogen-bond donors (Lipinski definition) is 1. The molecule has 0 aliphatic heterocycles. The molecule has 0 radical (unpaired) electrons.